The fraction of sp³-hybridized carbons (Fsp3) is 0.208. The molecule has 5 heteroatoms. The minimum atomic E-state index is -0.531. The van der Waals surface area contributed by atoms with Crippen molar-refractivity contribution in [2.75, 3.05) is 5.32 Å². The summed E-state index contributed by atoms with van der Waals surface area (Å²) in [6.45, 7) is 7.80. The summed E-state index contributed by atoms with van der Waals surface area (Å²) in [5, 5.41) is 12.7. The molecule has 0 spiro atoms. The van der Waals surface area contributed by atoms with E-state index in [1.54, 1.807) is 0 Å². The Hall–Kier alpha value is -3.10. The average molecular weight is 402 g/mol. The molecule has 0 fully saturated rings. The molecule has 1 unspecified atom stereocenters. The molecule has 3 aromatic rings. The first-order valence-corrected chi connectivity index (χ1v) is 10.3. The van der Waals surface area contributed by atoms with Crippen LogP contribution in [-0.4, -0.2) is 10.9 Å². The first-order chi connectivity index (χ1) is 13.9. The Morgan fingerprint density at radius 1 is 1.03 bits per heavy atom. The van der Waals surface area contributed by atoms with Gasteiger partial charge < -0.3 is 5.32 Å². The Bertz CT molecular complexity index is 1090. The van der Waals surface area contributed by atoms with Gasteiger partial charge in [0.15, 0.2) is 0 Å². The number of nitrogens with zero attached hydrogens (tertiary/aromatic N) is 2. The second-order valence-electron chi connectivity index (χ2n) is 7.02. The zero-order valence-electron chi connectivity index (χ0n) is 17.0. The van der Waals surface area contributed by atoms with Gasteiger partial charge in [0.1, 0.15) is 16.3 Å². The van der Waals surface area contributed by atoms with Crippen molar-refractivity contribution in [3.05, 3.63) is 88.1 Å². The van der Waals surface area contributed by atoms with E-state index in [9.17, 15) is 10.1 Å². The summed E-state index contributed by atoms with van der Waals surface area (Å²) < 4.78 is 0. The lowest BCUT2D eigenvalue weighted by molar-refractivity contribution is -0.115. The van der Waals surface area contributed by atoms with Crippen LogP contribution in [0.1, 0.15) is 38.8 Å². The summed E-state index contributed by atoms with van der Waals surface area (Å²) in [6.07, 6.45) is 0. The molecular weight excluding hydrogens is 378 g/mol. The normalized spacial score (nSPS) is 11.6. The number of carbonyl (C=O) groups excluding carboxylic acids is 1. The molecule has 0 saturated carbocycles. The van der Waals surface area contributed by atoms with Gasteiger partial charge in [0.2, 0.25) is 5.91 Å². The zero-order valence-corrected chi connectivity index (χ0v) is 17.8. The van der Waals surface area contributed by atoms with Gasteiger partial charge >= 0.3 is 0 Å². The molecule has 2 aromatic carbocycles. The maximum atomic E-state index is 13.3. The van der Waals surface area contributed by atoms with E-state index in [-0.39, 0.29) is 5.91 Å². The van der Waals surface area contributed by atoms with Crippen LogP contribution in [0, 0.1) is 39.0 Å². The van der Waals surface area contributed by atoms with Gasteiger partial charge in [-0.3, -0.25) is 4.79 Å². The molecule has 0 saturated heterocycles. The number of aryl methyl sites for hydroxylation is 3. The molecule has 4 nitrogen and oxygen atoms in total. The molecular formula is C24H23N3OS. The predicted octanol–water partition coefficient (Wildman–Crippen LogP) is 5.66. The first-order valence-electron chi connectivity index (χ1n) is 9.37. The molecule has 29 heavy (non-hydrogen) atoms. The van der Waals surface area contributed by atoms with Gasteiger partial charge in [-0.25, -0.2) is 4.98 Å². The number of hydrogen-bond acceptors (Lipinski definition) is 4. The number of nitrogens with one attached hydrogen (secondary N) is 1. The van der Waals surface area contributed by atoms with Crippen molar-refractivity contribution in [2.24, 2.45) is 0 Å². The molecule has 0 aliphatic carbocycles. The van der Waals surface area contributed by atoms with E-state index in [0.29, 0.717) is 10.6 Å². The fourth-order valence-electron chi connectivity index (χ4n) is 3.12. The zero-order chi connectivity index (χ0) is 21.0. The fourth-order valence-corrected chi connectivity index (χ4v) is 4.32. The quantitative estimate of drug-likeness (QED) is 0.560. The second kappa shape index (κ2) is 8.93. The number of nitriles is 1. The monoisotopic (exact) mass is 401 g/mol. The number of thioether (sulfide) groups is 1. The van der Waals surface area contributed by atoms with Crippen LogP contribution < -0.4 is 5.32 Å². The number of rotatable bonds is 5. The van der Waals surface area contributed by atoms with Gasteiger partial charge in [0, 0.05) is 11.4 Å². The summed E-state index contributed by atoms with van der Waals surface area (Å²) in [5.74, 6) is -0.139. The van der Waals surface area contributed by atoms with Gasteiger partial charge in [-0.1, -0.05) is 54.2 Å². The number of hydrogen-bond donors (Lipinski definition) is 1. The number of carbonyl (C=O) groups is 1. The molecule has 146 valence electrons. The van der Waals surface area contributed by atoms with E-state index in [0.717, 1.165) is 33.6 Å². The van der Waals surface area contributed by atoms with Crippen molar-refractivity contribution in [1.82, 2.24) is 4.98 Å². The second-order valence-corrected chi connectivity index (χ2v) is 8.11. The highest BCUT2D eigenvalue weighted by atomic mass is 32.2. The van der Waals surface area contributed by atoms with E-state index in [1.807, 2.05) is 82.3 Å². The van der Waals surface area contributed by atoms with Crippen LogP contribution in [0.15, 0.2) is 59.6 Å². The largest absolute Gasteiger partial charge is 0.325 e. The minimum Gasteiger partial charge on any atom is -0.325 e. The van der Waals surface area contributed by atoms with E-state index in [4.69, 9.17) is 0 Å². The van der Waals surface area contributed by atoms with Crippen molar-refractivity contribution < 1.29 is 4.79 Å². The molecule has 0 aliphatic heterocycles. The van der Waals surface area contributed by atoms with Gasteiger partial charge in [0.05, 0.1) is 5.56 Å². The van der Waals surface area contributed by atoms with E-state index in [1.165, 1.54) is 11.8 Å². The third-order valence-corrected chi connectivity index (χ3v) is 6.10. The Kier molecular flexibility index (Phi) is 6.36. The standard InChI is InChI=1S/C24H23N3OS/c1-15-9-8-12-21(18(15)4)27-23(28)22(19-10-6-5-7-11-19)29-24-20(14-25)16(2)13-17(3)26-24/h5-13,22H,1-4H3,(H,27,28). The van der Waals surface area contributed by atoms with Crippen LogP contribution in [0.4, 0.5) is 5.69 Å². The van der Waals surface area contributed by atoms with Crippen LogP contribution >= 0.6 is 11.8 Å². The lowest BCUT2D eigenvalue weighted by Crippen LogP contribution is -2.20. The number of benzene rings is 2. The summed E-state index contributed by atoms with van der Waals surface area (Å²) in [5.41, 5.74) is 6.03. The van der Waals surface area contributed by atoms with Gasteiger partial charge in [-0.15, -0.1) is 0 Å². The van der Waals surface area contributed by atoms with Crippen LogP contribution in [-0.2, 0) is 4.79 Å². The van der Waals surface area contributed by atoms with Crippen molar-refractivity contribution in [3.8, 4) is 6.07 Å². The number of anilines is 1. The van der Waals surface area contributed by atoms with Crippen LogP contribution in [0.25, 0.3) is 0 Å². The molecule has 1 aromatic heterocycles. The predicted molar refractivity (Wildman–Crippen MR) is 118 cm³/mol. The third-order valence-electron chi connectivity index (χ3n) is 4.86. The van der Waals surface area contributed by atoms with E-state index >= 15 is 0 Å². The number of aromatic nitrogens is 1. The smallest absolute Gasteiger partial charge is 0.242 e. The lowest BCUT2D eigenvalue weighted by Gasteiger charge is -2.19. The highest BCUT2D eigenvalue weighted by molar-refractivity contribution is 8.00. The van der Waals surface area contributed by atoms with Crippen molar-refractivity contribution >= 4 is 23.4 Å². The molecule has 0 radical (unpaired) electrons. The molecule has 0 bridgehead atoms. The Morgan fingerprint density at radius 3 is 2.45 bits per heavy atom. The maximum absolute atomic E-state index is 13.3. The first kappa shape index (κ1) is 20.6. The Balaban J connectivity index is 2.00. The Morgan fingerprint density at radius 2 is 1.76 bits per heavy atom. The number of pyridine rings is 1. The highest BCUT2D eigenvalue weighted by Gasteiger charge is 2.25. The molecule has 1 N–H and O–H groups in total. The SMILES string of the molecule is Cc1cc(C)c(C#N)c(SC(C(=O)Nc2cccc(C)c2C)c2ccccc2)n1. The maximum Gasteiger partial charge on any atom is 0.242 e. The molecule has 3 rings (SSSR count). The summed E-state index contributed by atoms with van der Waals surface area (Å²) in [7, 11) is 0. The summed E-state index contributed by atoms with van der Waals surface area (Å²) in [4.78, 5) is 17.9. The van der Waals surface area contributed by atoms with E-state index < -0.39 is 5.25 Å². The average Bonchev–Trinajstić information content (AvgIpc) is 2.70. The minimum absolute atomic E-state index is 0.139. The van der Waals surface area contributed by atoms with Gasteiger partial charge in [0.25, 0.3) is 0 Å². The molecule has 0 aliphatic rings. The number of amides is 1. The van der Waals surface area contributed by atoms with Gasteiger partial charge in [-0.05, 0) is 62.1 Å². The van der Waals surface area contributed by atoms with Crippen molar-refractivity contribution in [2.45, 2.75) is 38.0 Å². The van der Waals surface area contributed by atoms with Crippen LogP contribution in [0.3, 0.4) is 0 Å². The molecule has 1 amide bonds. The lowest BCUT2D eigenvalue weighted by atomic mass is 10.1. The Labute approximate surface area is 176 Å². The topological polar surface area (TPSA) is 65.8 Å². The van der Waals surface area contributed by atoms with Crippen LogP contribution in [0.5, 0.6) is 0 Å². The highest BCUT2D eigenvalue weighted by Crippen LogP contribution is 2.38. The van der Waals surface area contributed by atoms with Crippen molar-refractivity contribution in [1.29, 1.82) is 5.26 Å². The summed E-state index contributed by atoms with van der Waals surface area (Å²) >= 11 is 1.31. The van der Waals surface area contributed by atoms with Crippen molar-refractivity contribution in [3.63, 3.8) is 0 Å². The van der Waals surface area contributed by atoms with Crippen LogP contribution in [0.2, 0.25) is 0 Å². The summed E-state index contributed by atoms with van der Waals surface area (Å²) in [6, 6.07) is 19.6. The van der Waals surface area contributed by atoms with Gasteiger partial charge in [-0.2, -0.15) is 5.26 Å². The third kappa shape index (κ3) is 4.67. The van der Waals surface area contributed by atoms with E-state index in [2.05, 4.69) is 16.4 Å². The molecule has 1 heterocycles. The molecule has 1 atom stereocenters.